The van der Waals surface area contributed by atoms with Crippen LogP contribution in [0, 0.1) is 5.92 Å². The average Bonchev–Trinajstić information content (AvgIpc) is 2.78. The molecule has 1 aliphatic rings. The summed E-state index contributed by atoms with van der Waals surface area (Å²) in [7, 11) is 0. The predicted molar refractivity (Wildman–Crippen MR) is 122 cm³/mol. The summed E-state index contributed by atoms with van der Waals surface area (Å²) in [6, 6.07) is 14.8. The number of amides is 1. The highest BCUT2D eigenvalue weighted by Gasteiger charge is 2.22. The molecule has 3 rings (SSSR count). The summed E-state index contributed by atoms with van der Waals surface area (Å²) in [5.74, 6) is 0.286. The molecule has 31 heavy (non-hydrogen) atoms. The fraction of sp³-hybridized carbons (Fsp3) is 0.250. The Hall–Kier alpha value is -3.74. The Morgan fingerprint density at radius 1 is 1.19 bits per heavy atom. The third-order valence-corrected chi connectivity index (χ3v) is 4.76. The molecule has 160 valence electrons. The Labute approximate surface area is 182 Å². The molecule has 0 spiro atoms. The summed E-state index contributed by atoms with van der Waals surface area (Å²) >= 11 is 0. The summed E-state index contributed by atoms with van der Waals surface area (Å²) in [5.41, 5.74) is 8.67. The molecule has 1 amide bonds. The van der Waals surface area contributed by atoms with Gasteiger partial charge in [0.2, 0.25) is 6.04 Å². The quantitative estimate of drug-likeness (QED) is 0.342. The van der Waals surface area contributed by atoms with Crippen LogP contribution in [-0.4, -0.2) is 29.4 Å². The molecule has 0 radical (unpaired) electrons. The third kappa shape index (κ3) is 6.92. The van der Waals surface area contributed by atoms with Crippen molar-refractivity contribution in [3.63, 3.8) is 0 Å². The largest absolute Gasteiger partial charge is 0.508 e. The number of benzene rings is 2. The molecule has 0 heterocycles. The van der Waals surface area contributed by atoms with Gasteiger partial charge < -0.3 is 16.2 Å². The standard InChI is InChI=1S/C24H27N5O2/c1-17-6-5-9-19(14-17)16-27-24(31)22(29-28-20-10-12-21(30)13-11-20)23(25)26-15-18-7-3-2-4-8-18/h2-5,7-14,17,22,30H,6,15-16H2,1H3,(H2,25,26)(H,27,31). The van der Waals surface area contributed by atoms with Crippen molar-refractivity contribution in [2.75, 3.05) is 6.54 Å². The van der Waals surface area contributed by atoms with E-state index in [4.69, 9.17) is 5.73 Å². The van der Waals surface area contributed by atoms with Gasteiger partial charge in [-0.2, -0.15) is 10.2 Å². The van der Waals surface area contributed by atoms with Gasteiger partial charge >= 0.3 is 0 Å². The Morgan fingerprint density at radius 2 is 1.94 bits per heavy atom. The lowest BCUT2D eigenvalue weighted by atomic mass is 9.98. The second-order valence-electron chi connectivity index (χ2n) is 7.44. The number of phenols is 1. The summed E-state index contributed by atoms with van der Waals surface area (Å²) in [4.78, 5) is 17.2. The van der Waals surface area contributed by atoms with Crippen molar-refractivity contribution in [1.29, 1.82) is 0 Å². The van der Waals surface area contributed by atoms with Gasteiger partial charge in [0, 0.05) is 6.54 Å². The Morgan fingerprint density at radius 3 is 2.65 bits per heavy atom. The Bertz CT molecular complexity index is 994. The van der Waals surface area contributed by atoms with Crippen molar-refractivity contribution in [3.8, 4) is 5.75 Å². The van der Waals surface area contributed by atoms with E-state index in [-0.39, 0.29) is 17.5 Å². The number of amidine groups is 1. The number of azo groups is 1. The average molecular weight is 418 g/mol. The predicted octanol–water partition coefficient (Wildman–Crippen LogP) is 4.04. The number of phenolic OH excluding ortho intramolecular Hbond substituents is 1. The molecule has 7 nitrogen and oxygen atoms in total. The number of nitrogens with one attached hydrogen (secondary N) is 1. The molecule has 4 N–H and O–H groups in total. The number of hydrogen-bond acceptors (Lipinski definition) is 5. The maximum absolute atomic E-state index is 12.9. The van der Waals surface area contributed by atoms with Gasteiger partial charge in [-0.25, -0.2) is 0 Å². The summed E-state index contributed by atoms with van der Waals surface area (Å²) in [6.45, 7) is 2.86. The van der Waals surface area contributed by atoms with Gasteiger partial charge in [0.1, 0.15) is 11.6 Å². The van der Waals surface area contributed by atoms with Crippen LogP contribution in [0.5, 0.6) is 5.75 Å². The van der Waals surface area contributed by atoms with Crippen LogP contribution in [0.4, 0.5) is 5.69 Å². The molecule has 1 aliphatic carbocycles. The fourth-order valence-electron chi connectivity index (χ4n) is 3.07. The van der Waals surface area contributed by atoms with Crippen LogP contribution in [0.25, 0.3) is 0 Å². The number of nitrogens with two attached hydrogens (primary N) is 1. The second-order valence-corrected chi connectivity index (χ2v) is 7.44. The maximum Gasteiger partial charge on any atom is 0.254 e. The van der Waals surface area contributed by atoms with Gasteiger partial charge in [0.15, 0.2) is 0 Å². The summed E-state index contributed by atoms with van der Waals surface area (Å²) in [6.07, 6.45) is 7.25. The van der Waals surface area contributed by atoms with Crippen LogP contribution in [-0.2, 0) is 11.3 Å². The zero-order chi connectivity index (χ0) is 22.1. The minimum atomic E-state index is -1.05. The van der Waals surface area contributed by atoms with Crippen molar-refractivity contribution in [2.24, 2.45) is 26.9 Å². The molecule has 2 atom stereocenters. The van der Waals surface area contributed by atoms with E-state index < -0.39 is 6.04 Å². The zero-order valence-corrected chi connectivity index (χ0v) is 17.5. The zero-order valence-electron chi connectivity index (χ0n) is 17.5. The van der Waals surface area contributed by atoms with Crippen LogP contribution in [0.15, 0.2) is 93.6 Å². The molecule has 2 unspecified atom stereocenters. The molecule has 7 heteroatoms. The highest BCUT2D eigenvalue weighted by molar-refractivity contribution is 6.06. The lowest BCUT2D eigenvalue weighted by Crippen LogP contribution is -2.42. The van der Waals surface area contributed by atoms with E-state index in [1.165, 1.54) is 12.1 Å². The number of nitrogens with zero attached hydrogens (tertiary/aromatic N) is 3. The highest BCUT2D eigenvalue weighted by Crippen LogP contribution is 2.18. The minimum absolute atomic E-state index is 0.0883. The smallest absolute Gasteiger partial charge is 0.254 e. The van der Waals surface area contributed by atoms with Gasteiger partial charge in [-0.05, 0) is 47.7 Å². The molecule has 0 fully saturated rings. The number of rotatable bonds is 8. The van der Waals surface area contributed by atoms with Crippen molar-refractivity contribution < 1.29 is 9.90 Å². The topological polar surface area (TPSA) is 112 Å². The molecular formula is C24H27N5O2. The monoisotopic (exact) mass is 417 g/mol. The lowest BCUT2D eigenvalue weighted by molar-refractivity contribution is -0.120. The summed E-state index contributed by atoms with van der Waals surface area (Å²) < 4.78 is 0. The first-order valence-corrected chi connectivity index (χ1v) is 10.2. The third-order valence-electron chi connectivity index (χ3n) is 4.76. The van der Waals surface area contributed by atoms with Gasteiger partial charge in [0.05, 0.1) is 12.2 Å². The fourth-order valence-corrected chi connectivity index (χ4v) is 3.07. The molecule has 0 aromatic heterocycles. The van der Waals surface area contributed by atoms with Crippen LogP contribution in [0.1, 0.15) is 18.9 Å². The van der Waals surface area contributed by atoms with Crippen molar-refractivity contribution in [1.82, 2.24) is 5.32 Å². The van der Waals surface area contributed by atoms with Gasteiger partial charge in [-0.3, -0.25) is 9.79 Å². The van der Waals surface area contributed by atoms with E-state index in [2.05, 4.69) is 39.6 Å². The lowest BCUT2D eigenvalue weighted by Gasteiger charge is -2.15. The van der Waals surface area contributed by atoms with Crippen molar-refractivity contribution >= 4 is 17.4 Å². The van der Waals surface area contributed by atoms with E-state index >= 15 is 0 Å². The normalized spacial score (nSPS) is 17.4. The number of carbonyl (C=O) groups is 1. The first kappa shape index (κ1) is 22.0. The van der Waals surface area contributed by atoms with Crippen LogP contribution < -0.4 is 11.1 Å². The maximum atomic E-state index is 12.9. The van der Waals surface area contributed by atoms with Gasteiger partial charge in [-0.1, -0.05) is 55.5 Å². The van der Waals surface area contributed by atoms with Crippen LogP contribution in [0.3, 0.4) is 0 Å². The highest BCUT2D eigenvalue weighted by atomic mass is 16.3. The molecular weight excluding hydrogens is 390 g/mol. The van der Waals surface area contributed by atoms with Crippen LogP contribution in [0.2, 0.25) is 0 Å². The Balaban J connectivity index is 1.74. The Kier molecular flexibility index (Phi) is 7.70. The molecule has 2 aromatic rings. The van der Waals surface area contributed by atoms with E-state index in [0.29, 0.717) is 24.7 Å². The number of aliphatic imine (C=N–C) groups is 1. The van der Waals surface area contributed by atoms with E-state index in [0.717, 1.165) is 17.6 Å². The second kappa shape index (κ2) is 10.9. The van der Waals surface area contributed by atoms with E-state index in [9.17, 15) is 9.90 Å². The first-order chi connectivity index (χ1) is 15.0. The van der Waals surface area contributed by atoms with Crippen molar-refractivity contribution in [2.45, 2.75) is 25.9 Å². The van der Waals surface area contributed by atoms with Gasteiger partial charge in [-0.15, -0.1) is 0 Å². The molecule has 0 bridgehead atoms. The molecule has 0 aliphatic heterocycles. The SMILES string of the molecule is CC1C=C(CNC(=O)C(N=Nc2ccc(O)cc2)C(N)=NCc2ccccc2)C=CC1. The van der Waals surface area contributed by atoms with E-state index in [1.54, 1.807) is 12.1 Å². The molecule has 2 aromatic carbocycles. The molecule has 0 saturated carbocycles. The number of hydrogen-bond donors (Lipinski definition) is 3. The number of aromatic hydroxyl groups is 1. The summed E-state index contributed by atoms with van der Waals surface area (Å²) in [5, 5.41) is 20.6. The number of carbonyl (C=O) groups excluding carboxylic acids is 1. The van der Waals surface area contributed by atoms with Crippen molar-refractivity contribution in [3.05, 3.63) is 84.0 Å². The van der Waals surface area contributed by atoms with E-state index in [1.807, 2.05) is 36.4 Å². The first-order valence-electron chi connectivity index (χ1n) is 10.2. The minimum Gasteiger partial charge on any atom is -0.508 e. The van der Waals surface area contributed by atoms with Crippen LogP contribution >= 0.6 is 0 Å². The van der Waals surface area contributed by atoms with Gasteiger partial charge in [0.25, 0.3) is 5.91 Å². The molecule has 0 saturated heterocycles. The number of allylic oxidation sites excluding steroid dienone is 2.